The van der Waals surface area contributed by atoms with E-state index in [2.05, 4.69) is 37.1 Å². The second-order valence-electron chi connectivity index (χ2n) is 18.0. The van der Waals surface area contributed by atoms with Crippen molar-refractivity contribution in [3.05, 3.63) is 130 Å². The number of nitrogen functional groups attached to an aromatic ring is 1. The van der Waals surface area contributed by atoms with E-state index in [1.165, 1.54) is 18.2 Å². The Morgan fingerprint density at radius 2 is 1.38 bits per heavy atom. The Kier molecular flexibility index (Phi) is 11.7. The van der Waals surface area contributed by atoms with E-state index in [1.54, 1.807) is 35.1 Å². The van der Waals surface area contributed by atoms with Crippen molar-refractivity contribution < 1.29 is 38.1 Å². The van der Waals surface area contributed by atoms with Crippen molar-refractivity contribution >= 4 is 42.9 Å². The number of carbonyl (C=O) groups excluding carboxylic acids is 3. The molecule has 1 aromatic heterocycles. The molecule has 5 heterocycles. The van der Waals surface area contributed by atoms with Crippen LogP contribution >= 0.6 is 0 Å². The third-order valence-corrected chi connectivity index (χ3v) is 14.2. The Labute approximate surface area is 374 Å². The summed E-state index contributed by atoms with van der Waals surface area (Å²) in [4.78, 5) is 52.9. The van der Waals surface area contributed by atoms with E-state index < -0.39 is 14.1 Å². The van der Waals surface area contributed by atoms with E-state index in [0.717, 1.165) is 23.6 Å². The summed E-state index contributed by atoms with van der Waals surface area (Å²) >= 11 is 0. The second-order valence-corrected chi connectivity index (χ2v) is 23.6. The van der Waals surface area contributed by atoms with Crippen LogP contribution in [-0.2, 0) is 48.7 Å². The van der Waals surface area contributed by atoms with Crippen molar-refractivity contribution in [3.63, 3.8) is 0 Å². The molecular weight excluding hydrogens is 829 g/mol. The number of anilines is 3. The second kappa shape index (κ2) is 17.5. The van der Waals surface area contributed by atoms with E-state index in [9.17, 15) is 14.4 Å². The summed E-state index contributed by atoms with van der Waals surface area (Å²) in [7, 11) is 1.66. The van der Waals surface area contributed by atoms with Gasteiger partial charge in [-0.25, -0.2) is 0 Å². The van der Waals surface area contributed by atoms with Gasteiger partial charge in [0, 0.05) is 58.6 Å². The molecule has 0 saturated heterocycles. The highest BCUT2D eigenvalue weighted by Crippen LogP contribution is 2.42. The molecule has 0 bridgehead atoms. The van der Waals surface area contributed by atoms with Gasteiger partial charge < -0.3 is 44.5 Å². The highest BCUT2D eigenvalue weighted by Gasteiger charge is 2.43. The number of aromatic nitrogens is 1. The quantitative estimate of drug-likeness (QED) is 0.0709. The summed E-state index contributed by atoms with van der Waals surface area (Å²) < 4.78 is 30.4. The minimum absolute atomic E-state index is 0.0208. The summed E-state index contributed by atoms with van der Waals surface area (Å²) in [5.41, 5.74) is 14.3. The number of amides is 3. The van der Waals surface area contributed by atoms with E-state index in [-0.39, 0.29) is 50.3 Å². The largest absolute Gasteiger partial charge is 0.493 e. The van der Waals surface area contributed by atoms with Gasteiger partial charge in [0.05, 0.1) is 54.2 Å². The molecule has 1 unspecified atom stereocenters. The van der Waals surface area contributed by atoms with Crippen molar-refractivity contribution in [2.45, 2.75) is 76.9 Å². The molecule has 3 N–H and O–H groups in total. The topological polar surface area (TPSA) is 158 Å². The first-order valence-electron chi connectivity index (χ1n) is 21.7. The predicted molar refractivity (Wildman–Crippen MR) is 246 cm³/mol. The number of rotatable bonds is 13. The van der Waals surface area contributed by atoms with Crippen molar-refractivity contribution in [1.29, 1.82) is 0 Å². The fourth-order valence-corrected chi connectivity index (χ4v) is 9.67. The normalized spacial score (nSPS) is 17.7. The molecule has 0 fully saturated rings. The van der Waals surface area contributed by atoms with Gasteiger partial charge in [-0.15, -0.1) is 0 Å². The Balaban J connectivity index is 0.929. The number of hydrogen-bond acceptors (Lipinski definition) is 11. The van der Waals surface area contributed by atoms with E-state index >= 15 is 0 Å². The smallest absolute Gasteiger partial charge is 0.257 e. The van der Waals surface area contributed by atoms with Crippen LogP contribution in [0.5, 0.6) is 23.0 Å². The van der Waals surface area contributed by atoms with Crippen LogP contribution in [0.1, 0.15) is 54.4 Å². The van der Waals surface area contributed by atoms with Gasteiger partial charge in [-0.1, -0.05) is 56.0 Å². The standard InChI is InChI=1S/C49H54N6O8Si/c1-59-43-20-38-40(51-24-37-18-30-9-6-7-10-32(30)25-53(37)47(38)56)22-45(43)62-27-35-11-8-12-36(52-35)28-63-46-23-41-39(21-44(46)60-2)48(57)54-26-33-17-34(50)14-13-31(33)19-42(54)49(58)55(41)29-61-15-16-64(3,4)5/h6-14,17,20-23,37,42,51H,15-16,18-19,24-29,50H2,1-5H3/t37-,42?/m0/s1. The lowest BCUT2D eigenvalue weighted by molar-refractivity contribution is -0.124. The number of carbonyl (C=O) groups is 3. The summed E-state index contributed by atoms with van der Waals surface area (Å²) in [6.07, 6.45) is 1.14. The first-order chi connectivity index (χ1) is 30.9. The number of hydrogen-bond donors (Lipinski definition) is 2. The Hall–Kier alpha value is -6.58. The molecule has 3 amide bonds. The number of nitrogens with one attached hydrogen (secondary N) is 1. The predicted octanol–water partition coefficient (Wildman–Crippen LogP) is 7.06. The van der Waals surface area contributed by atoms with Crippen LogP contribution in [0.2, 0.25) is 25.7 Å². The summed E-state index contributed by atoms with van der Waals surface area (Å²) in [6, 6.07) is 26.6. The summed E-state index contributed by atoms with van der Waals surface area (Å²) in [5.74, 6) is 1.02. The molecular formula is C49H54N6O8Si. The van der Waals surface area contributed by atoms with Crippen LogP contribution in [0.4, 0.5) is 17.1 Å². The molecule has 4 aliphatic rings. The maximum atomic E-state index is 14.5. The average molecular weight is 883 g/mol. The van der Waals surface area contributed by atoms with Gasteiger partial charge in [0.1, 0.15) is 26.0 Å². The zero-order valence-corrected chi connectivity index (χ0v) is 37.9. The van der Waals surface area contributed by atoms with Crippen molar-refractivity contribution in [2.24, 2.45) is 0 Å². The first-order valence-corrected chi connectivity index (χ1v) is 25.4. The number of nitrogens with zero attached hydrogens (tertiary/aromatic N) is 4. The zero-order chi connectivity index (χ0) is 44.7. The number of benzene rings is 4. The minimum Gasteiger partial charge on any atom is -0.493 e. The number of nitrogens with two attached hydrogens (primary N) is 1. The molecule has 9 rings (SSSR count). The summed E-state index contributed by atoms with van der Waals surface area (Å²) in [6.45, 7) is 8.88. The SMILES string of the molecule is COc1cc2c(cc1OCc1cccc(COc3cc4c(cc3OC)C(=O)N3Cc5cc(N)ccc5CC3C(=O)N4COCC[Si](C)(C)C)n1)NC[C@@H]1Cc3ccccc3CN1C2=O. The van der Waals surface area contributed by atoms with E-state index in [4.69, 9.17) is 34.4 Å². The molecule has 14 nitrogen and oxygen atoms in total. The molecule has 5 aromatic rings. The van der Waals surface area contributed by atoms with E-state index in [0.29, 0.717) is 88.7 Å². The van der Waals surface area contributed by atoms with Crippen LogP contribution in [-0.4, -0.2) is 86.8 Å². The van der Waals surface area contributed by atoms with Crippen molar-refractivity contribution in [3.8, 4) is 23.0 Å². The van der Waals surface area contributed by atoms with Gasteiger partial charge in [-0.3, -0.25) is 24.3 Å². The van der Waals surface area contributed by atoms with Gasteiger partial charge in [0.2, 0.25) is 0 Å². The van der Waals surface area contributed by atoms with Crippen LogP contribution in [0.3, 0.4) is 0 Å². The lowest BCUT2D eigenvalue weighted by Gasteiger charge is -2.35. The van der Waals surface area contributed by atoms with Gasteiger partial charge in [0.15, 0.2) is 23.0 Å². The van der Waals surface area contributed by atoms with Crippen LogP contribution in [0.15, 0.2) is 84.9 Å². The lowest BCUT2D eigenvalue weighted by atomic mass is 9.92. The Bertz CT molecular complexity index is 2630. The minimum atomic E-state index is -1.42. The van der Waals surface area contributed by atoms with Crippen LogP contribution in [0, 0.1) is 0 Å². The molecule has 4 aliphatic heterocycles. The maximum Gasteiger partial charge on any atom is 0.257 e. The monoisotopic (exact) mass is 882 g/mol. The maximum absolute atomic E-state index is 14.5. The van der Waals surface area contributed by atoms with Crippen LogP contribution in [0.25, 0.3) is 0 Å². The van der Waals surface area contributed by atoms with Crippen molar-refractivity contribution in [1.82, 2.24) is 14.8 Å². The van der Waals surface area contributed by atoms with Crippen molar-refractivity contribution in [2.75, 3.05) is 50.1 Å². The third-order valence-electron chi connectivity index (χ3n) is 12.5. The molecule has 2 atom stereocenters. The molecule has 332 valence electrons. The number of fused-ring (bicyclic) bond motifs is 6. The van der Waals surface area contributed by atoms with E-state index in [1.807, 2.05) is 59.5 Å². The van der Waals surface area contributed by atoms with Gasteiger partial charge in [-0.05, 0) is 71.1 Å². The third kappa shape index (κ3) is 8.57. The zero-order valence-electron chi connectivity index (χ0n) is 36.9. The highest BCUT2D eigenvalue weighted by molar-refractivity contribution is 6.76. The molecule has 0 saturated carbocycles. The van der Waals surface area contributed by atoms with Gasteiger partial charge in [0.25, 0.3) is 17.7 Å². The molecule has 15 heteroatoms. The molecule has 4 aromatic carbocycles. The number of ether oxygens (including phenoxy) is 5. The van der Waals surface area contributed by atoms with Gasteiger partial charge in [-0.2, -0.15) is 0 Å². The Morgan fingerprint density at radius 1 is 0.719 bits per heavy atom. The molecule has 0 spiro atoms. The number of methoxy groups -OCH3 is 2. The molecule has 0 radical (unpaired) electrons. The lowest BCUT2D eigenvalue weighted by Crippen LogP contribution is -2.52. The van der Waals surface area contributed by atoms with Gasteiger partial charge >= 0.3 is 0 Å². The molecule has 64 heavy (non-hydrogen) atoms. The number of pyridine rings is 1. The first kappa shape index (κ1) is 42.7. The average Bonchev–Trinajstić information content (AvgIpc) is 3.47. The molecule has 0 aliphatic carbocycles. The highest BCUT2D eigenvalue weighted by atomic mass is 28.3. The Morgan fingerprint density at radius 3 is 2.09 bits per heavy atom. The fraction of sp³-hybridized carbons (Fsp3) is 0.347. The summed E-state index contributed by atoms with van der Waals surface area (Å²) in [5, 5.41) is 3.50. The fourth-order valence-electron chi connectivity index (χ4n) is 8.91. The van der Waals surface area contributed by atoms with Crippen LogP contribution < -0.4 is 34.9 Å².